The van der Waals surface area contributed by atoms with E-state index in [9.17, 15) is 9.90 Å². The van der Waals surface area contributed by atoms with E-state index in [-0.39, 0.29) is 22.5 Å². The summed E-state index contributed by atoms with van der Waals surface area (Å²) in [7, 11) is 8.04. The van der Waals surface area contributed by atoms with Crippen molar-refractivity contribution in [1.29, 1.82) is 0 Å². The molecular formula is C40H52I5N2O4V2. The third kappa shape index (κ3) is 21.4. The predicted octanol–water partition coefficient (Wildman–Crippen LogP) is 12.1. The molecule has 3 atom stereocenters. The number of hydrogen-bond acceptors (Lipinski definition) is 6. The van der Waals surface area contributed by atoms with Crippen molar-refractivity contribution in [1.82, 2.24) is 9.80 Å². The Morgan fingerprint density at radius 3 is 1.64 bits per heavy atom. The molecule has 0 fully saturated rings. The topological polar surface area (TPSA) is 62.2 Å². The molecule has 6 nitrogen and oxygen atoms in total. The molecular weight excluding hydrogens is 1310 g/mol. The number of benzene rings is 4. The van der Waals surface area contributed by atoms with Crippen LogP contribution in [-0.2, 0) is 33.1 Å². The van der Waals surface area contributed by atoms with Gasteiger partial charge in [-0.15, -0.1) is 0 Å². The molecule has 0 bridgehead atoms. The van der Waals surface area contributed by atoms with Crippen LogP contribution in [-0.4, -0.2) is 62.1 Å². The monoisotopic (exact) mass is 1360 g/mol. The van der Waals surface area contributed by atoms with Crippen LogP contribution in [0.1, 0.15) is 54.2 Å². The second kappa shape index (κ2) is 30.0. The molecule has 0 aliphatic carbocycles. The molecule has 0 aromatic heterocycles. The molecule has 4 aromatic rings. The van der Waals surface area contributed by atoms with Crippen LogP contribution in [0.5, 0.6) is 11.5 Å². The van der Waals surface area contributed by atoms with Gasteiger partial charge in [-0.3, -0.25) is 4.79 Å². The van der Waals surface area contributed by atoms with Crippen LogP contribution in [0.3, 0.4) is 0 Å². The average molecular weight is 1360 g/mol. The summed E-state index contributed by atoms with van der Waals surface area (Å²) in [6, 6.07) is 35.8. The zero-order chi connectivity index (χ0) is 39.8. The van der Waals surface area contributed by atoms with Crippen LogP contribution >= 0.6 is 99.9 Å². The third-order valence-corrected chi connectivity index (χ3v) is 8.49. The number of hydrogen-bond donors (Lipinski definition) is 1. The molecule has 13 heteroatoms. The van der Waals surface area contributed by atoms with Crippen molar-refractivity contribution in [3.05, 3.63) is 131 Å². The summed E-state index contributed by atoms with van der Waals surface area (Å²) in [6.07, 6.45) is 0.667. The summed E-state index contributed by atoms with van der Waals surface area (Å²) < 4.78 is 10.5. The molecule has 291 valence electrons. The van der Waals surface area contributed by atoms with Gasteiger partial charge >= 0.3 is 114 Å². The van der Waals surface area contributed by atoms with E-state index in [1.807, 2.05) is 87.6 Å². The van der Waals surface area contributed by atoms with Crippen molar-refractivity contribution in [2.45, 2.75) is 45.9 Å². The first-order valence-electron chi connectivity index (χ1n) is 16.9. The number of aliphatic hydroxyl groups is 1. The van der Waals surface area contributed by atoms with Crippen LogP contribution in [0.25, 0.3) is 0 Å². The summed E-state index contributed by atoms with van der Waals surface area (Å²) in [5, 5.41) is 11.3. The van der Waals surface area contributed by atoms with Gasteiger partial charge in [0, 0.05) is 43.6 Å². The SMILES string of the molecule is CC[C@](O)(c1cccc(OC)c1)[C@@H](C)CN(C)Cc1ccccc1.COc1cccc(C(=O)[C@@H](C)CN(C)Cc2ccccc2)c1.[I][V]([I])[I].[I][V][I]. The van der Waals surface area contributed by atoms with E-state index in [1.54, 1.807) is 20.3 Å². The van der Waals surface area contributed by atoms with Gasteiger partial charge in [0.15, 0.2) is 5.78 Å². The Balaban J connectivity index is 0.000000452. The van der Waals surface area contributed by atoms with Crippen LogP contribution in [0.2, 0.25) is 0 Å². The second-order valence-electron chi connectivity index (χ2n) is 12.5. The molecule has 0 radical (unpaired) electrons. The van der Waals surface area contributed by atoms with Crippen molar-refractivity contribution in [2.24, 2.45) is 11.8 Å². The number of nitrogens with zero attached hydrogens (tertiary/aromatic N) is 2. The fourth-order valence-corrected chi connectivity index (χ4v) is 5.88. The summed E-state index contributed by atoms with van der Waals surface area (Å²) in [6.45, 7) is 9.39. The molecule has 0 aliphatic heterocycles. The number of methoxy groups -OCH3 is 2. The quantitative estimate of drug-likeness (QED) is 0.0945. The molecule has 0 unspecified atom stereocenters. The number of carbonyl (C=O) groups is 1. The van der Waals surface area contributed by atoms with Crippen LogP contribution < -0.4 is 9.47 Å². The number of carbonyl (C=O) groups excluding carboxylic acids is 1. The summed E-state index contributed by atoms with van der Waals surface area (Å²) in [5.74, 6) is 1.70. The van der Waals surface area contributed by atoms with E-state index in [2.05, 4.69) is 160 Å². The Labute approximate surface area is 385 Å². The standard InChI is InChI=1S/C21H29NO2.C19H23NO2.5HI.2V/c1-5-21(23,19-12-9-13-20(14-19)24-4)17(2)15-22(3)16-18-10-7-6-8-11-18;1-15(13-20(2)14-16-8-5-4-6-9-16)19(21)17-10-7-11-18(12-17)22-3;;;;;;;/h6-14,17,23H,5,15-16H2,1-4H3;4-12,15H,13-14H2,1-3H3;5*1H;;/q;;;;;;;+2;+3/p-5/t17-,21+;15-;;;;;;;/m00......./s1. The van der Waals surface area contributed by atoms with Crippen LogP contribution in [0.4, 0.5) is 0 Å². The minimum absolute atomic E-state index is 0.0548. The van der Waals surface area contributed by atoms with E-state index in [0.29, 0.717) is 21.4 Å². The van der Waals surface area contributed by atoms with Crippen molar-refractivity contribution in [3.63, 3.8) is 0 Å². The molecule has 0 amide bonds. The van der Waals surface area contributed by atoms with Gasteiger partial charge in [0.2, 0.25) is 0 Å². The van der Waals surface area contributed by atoms with Gasteiger partial charge in [0.25, 0.3) is 0 Å². The zero-order valence-corrected chi connectivity index (χ0v) is 45.0. The number of rotatable bonds is 15. The minimum atomic E-state index is -0.862. The summed E-state index contributed by atoms with van der Waals surface area (Å²) >= 11 is 12.1. The van der Waals surface area contributed by atoms with Gasteiger partial charge in [-0.2, -0.15) is 0 Å². The number of ketones is 1. The Bertz CT molecular complexity index is 1560. The van der Waals surface area contributed by atoms with E-state index in [0.717, 1.165) is 43.2 Å². The van der Waals surface area contributed by atoms with Gasteiger partial charge in [-0.25, -0.2) is 0 Å². The van der Waals surface area contributed by atoms with Crippen molar-refractivity contribution in [3.8, 4) is 11.5 Å². The normalized spacial score (nSPS) is 12.8. The molecule has 4 aromatic carbocycles. The van der Waals surface area contributed by atoms with Gasteiger partial charge < -0.3 is 24.4 Å². The first kappa shape index (κ1) is 51.9. The molecule has 1 N–H and O–H groups in total. The fraction of sp³-hybridized carbons (Fsp3) is 0.375. The van der Waals surface area contributed by atoms with Crippen molar-refractivity contribution < 1.29 is 33.8 Å². The zero-order valence-electron chi connectivity index (χ0n) is 31.4. The van der Waals surface area contributed by atoms with Crippen molar-refractivity contribution >= 4 is 106 Å². The summed E-state index contributed by atoms with van der Waals surface area (Å²) in [4.78, 5) is 16.7. The van der Waals surface area contributed by atoms with Gasteiger partial charge in [0.1, 0.15) is 11.5 Å². The van der Waals surface area contributed by atoms with E-state index < -0.39 is 5.60 Å². The molecule has 0 spiro atoms. The van der Waals surface area contributed by atoms with Crippen molar-refractivity contribution in [2.75, 3.05) is 41.4 Å². The van der Waals surface area contributed by atoms with Gasteiger partial charge in [-0.05, 0) is 61.5 Å². The molecule has 0 saturated carbocycles. The second-order valence-corrected chi connectivity index (χ2v) is 59.7. The third-order valence-electron chi connectivity index (χ3n) is 8.49. The molecule has 53 heavy (non-hydrogen) atoms. The Hall–Kier alpha value is 0.849. The number of halogens is 5. The first-order valence-corrected chi connectivity index (χ1v) is 39.5. The Kier molecular flexibility index (Phi) is 29.3. The molecule has 0 saturated heterocycles. The molecule has 4 rings (SSSR count). The van der Waals surface area contributed by atoms with Crippen LogP contribution in [0, 0.1) is 11.8 Å². The van der Waals surface area contributed by atoms with Gasteiger partial charge in [-0.1, -0.05) is 106 Å². The van der Waals surface area contributed by atoms with E-state index in [4.69, 9.17) is 9.47 Å². The Morgan fingerprint density at radius 2 is 1.19 bits per heavy atom. The summed E-state index contributed by atoms with van der Waals surface area (Å²) in [5.41, 5.74) is 3.31. The maximum atomic E-state index is 12.5. The average Bonchev–Trinajstić information content (AvgIpc) is 3.15. The molecule has 0 heterocycles. The predicted molar refractivity (Wildman–Crippen MR) is 258 cm³/mol. The van der Waals surface area contributed by atoms with E-state index >= 15 is 0 Å². The molecule has 0 aliphatic rings. The van der Waals surface area contributed by atoms with Gasteiger partial charge in [0.05, 0.1) is 19.8 Å². The Morgan fingerprint density at radius 1 is 0.755 bits per heavy atom. The fourth-order valence-electron chi connectivity index (χ4n) is 5.88. The maximum absolute atomic E-state index is 12.5. The number of Topliss-reactive ketones (excluding diaryl/α,β-unsaturated/α-hetero) is 1. The van der Waals surface area contributed by atoms with Crippen LogP contribution in [0.15, 0.2) is 109 Å². The number of ether oxygens (including phenoxy) is 2. The van der Waals surface area contributed by atoms with E-state index in [1.165, 1.54) is 11.1 Å². The first-order chi connectivity index (χ1) is 25.2.